The zero-order chi connectivity index (χ0) is 27.3. The molecule has 4 rings (SSSR count). The Bertz CT molecular complexity index is 1030. The van der Waals surface area contributed by atoms with Gasteiger partial charge in [0.15, 0.2) is 17.1 Å². The molecule has 0 bridgehead atoms. The van der Waals surface area contributed by atoms with E-state index in [1.165, 1.54) is 24.1 Å². The Hall–Kier alpha value is -1.93. The summed E-state index contributed by atoms with van der Waals surface area (Å²) in [6, 6.07) is 4.26. The van der Waals surface area contributed by atoms with Crippen LogP contribution in [0.5, 0.6) is 0 Å². The van der Waals surface area contributed by atoms with E-state index in [0.29, 0.717) is 5.56 Å². The number of rotatable bonds is 4. The minimum absolute atomic E-state index is 0.229. The fraction of sp³-hybridized carbons (Fsp3) is 0.667. The van der Waals surface area contributed by atoms with Gasteiger partial charge in [-0.1, -0.05) is 23.9 Å². The molecule has 0 saturated carbocycles. The lowest BCUT2D eigenvalue weighted by molar-refractivity contribution is -0.281. The Labute approximate surface area is 216 Å². The minimum Gasteiger partial charge on any atom is -0.443 e. The van der Waals surface area contributed by atoms with Gasteiger partial charge in [-0.25, -0.2) is 9.18 Å². The number of ether oxygens (including phenoxy) is 5. The molecule has 206 valence electrons. The number of amides is 1. The predicted molar refractivity (Wildman–Crippen MR) is 126 cm³/mol. The van der Waals surface area contributed by atoms with E-state index in [4.69, 9.17) is 23.7 Å². The zero-order valence-electron chi connectivity index (χ0n) is 21.2. The van der Waals surface area contributed by atoms with Crippen molar-refractivity contribution in [2.24, 2.45) is 4.99 Å². The summed E-state index contributed by atoms with van der Waals surface area (Å²) in [5.74, 6) is -1.70. The van der Waals surface area contributed by atoms with Crippen LogP contribution >= 0.6 is 11.8 Å². The number of benzene rings is 1. The Kier molecular flexibility index (Phi) is 7.58. The minimum atomic E-state index is -4.81. The molecular formula is C24H30F4N2O6S. The number of carbonyl (C=O) groups is 1. The second-order valence-electron chi connectivity index (χ2n) is 10.5. The number of amidine groups is 1. The maximum absolute atomic E-state index is 14.3. The van der Waals surface area contributed by atoms with Gasteiger partial charge in [-0.15, -0.1) is 0 Å². The third kappa shape index (κ3) is 6.39. The van der Waals surface area contributed by atoms with Crippen molar-refractivity contribution in [3.63, 3.8) is 0 Å². The molecule has 3 aliphatic heterocycles. The van der Waals surface area contributed by atoms with E-state index in [-0.39, 0.29) is 5.17 Å². The highest BCUT2D eigenvalue weighted by molar-refractivity contribution is 8.14. The summed E-state index contributed by atoms with van der Waals surface area (Å²) in [5.41, 5.74) is -1.27. The smallest absolute Gasteiger partial charge is 0.417 e. The molecule has 1 amide bonds. The summed E-state index contributed by atoms with van der Waals surface area (Å²) in [7, 11) is 1.46. The van der Waals surface area contributed by atoms with Crippen molar-refractivity contribution >= 4 is 23.0 Å². The molecule has 1 aromatic rings. The first-order valence-electron chi connectivity index (χ1n) is 11.7. The van der Waals surface area contributed by atoms with Gasteiger partial charge in [-0.3, -0.25) is 9.89 Å². The van der Waals surface area contributed by atoms with Gasteiger partial charge in [0.1, 0.15) is 41.2 Å². The van der Waals surface area contributed by atoms with Gasteiger partial charge in [0.25, 0.3) is 0 Å². The number of aliphatic imine (C=N–C) groups is 1. The van der Waals surface area contributed by atoms with Crippen molar-refractivity contribution in [2.75, 3.05) is 7.05 Å². The van der Waals surface area contributed by atoms with Crippen LogP contribution < -0.4 is 0 Å². The lowest BCUT2D eigenvalue weighted by Gasteiger charge is -2.41. The fourth-order valence-electron chi connectivity index (χ4n) is 4.26. The first-order chi connectivity index (χ1) is 17.0. The average Bonchev–Trinajstić information content (AvgIpc) is 3.32. The Balaban J connectivity index is 1.57. The van der Waals surface area contributed by atoms with Crippen LogP contribution in [-0.4, -0.2) is 76.7 Å². The van der Waals surface area contributed by atoms with Crippen molar-refractivity contribution in [1.29, 1.82) is 0 Å². The Morgan fingerprint density at radius 3 is 2.38 bits per heavy atom. The van der Waals surface area contributed by atoms with Gasteiger partial charge in [0, 0.05) is 7.05 Å². The van der Waals surface area contributed by atoms with Crippen LogP contribution in [-0.2, 0) is 30.3 Å². The van der Waals surface area contributed by atoms with Crippen LogP contribution in [0.4, 0.5) is 22.4 Å². The Morgan fingerprint density at radius 1 is 1.16 bits per heavy atom. The normalized spacial score (nSPS) is 29.8. The molecule has 0 radical (unpaired) electrons. The fourth-order valence-corrected chi connectivity index (χ4v) is 5.42. The largest absolute Gasteiger partial charge is 0.443 e. The van der Waals surface area contributed by atoms with Crippen LogP contribution in [0.3, 0.4) is 0 Å². The number of halogens is 4. The predicted octanol–water partition coefficient (Wildman–Crippen LogP) is 4.86. The van der Waals surface area contributed by atoms with Crippen LogP contribution in [0.1, 0.15) is 40.2 Å². The van der Waals surface area contributed by atoms with E-state index >= 15 is 0 Å². The molecule has 8 nitrogen and oxygen atoms in total. The SMILES string of the molecule is CN(C(=O)OC(C)(C)C)C1=N[C@@H]2[C@H]3OC(C)(C)O[C@@H]3[C@@H]([C@H](OCc3ccc(F)cc3)C(F)(F)F)O[C@@H]2S1. The number of hydrogen-bond donors (Lipinski definition) is 0. The molecule has 37 heavy (non-hydrogen) atoms. The topological polar surface area (TPSA) is 78.8 Å². The molecule has 2 fully saturated rings. The number of hydrogen-bond acceptors (Lipinski definition) is 8. The number of alkyl halides is 3. The number of nitrogens with zero attached hydrogens (tertiary/aromatic N) is 2. The van der Waals surface area contributed by atoms with Crippen LogP contribution in [0.2, 0.25) is 0 Å². The average molecular weight is 551 g/mol. The van der Waals surface area contributed by atoms with Crippen molar-refractivity contribution < 1.29 is 46.0 Å². The quantitative estimate of drug-likeness (QED) is 0.496. The third-order valence-corrected chi connectivity index (χ3v) is 7.01. The molecule has 0 N–H and O–H groups in total. The van der Waals surface area contributed by atoms with E-state index in [1.54, 1.807) is 34.6 Å². The number of thioether (sulfide) groups is 1. The summed E-state index contributed by atoms with van der Waals surface area (Å²) in [5, 5.41) is 0.229. The summed E-state index contributed by atoms with van der Waals surface area (Å²) in [4.78, 5) is 18.3. The summed E-state index contributed by atoms with van der Waals surface area (Å²) in [6.07, 6.45) is -11.4. The second-order valence-corrected chi connectivity index (χ2v) is 11.6. The van der Waals surface area contributed by atoms with Crippen molar-refractivity contribution in [3.05, 3.63) is 35.6 Å². The van der Waals surface area contributed by atoms with E-state index in [0.717, 1.165) is 23.9 Å². The van der Waals surface area contributed by atoms with Gasteiger partial charge in [0.2, 0.25) is 0 Å². The van der Waals surface area contributed by atoms with Crippen LogP contribution in [0, 0.1) is 5.82 Å². The monoisotopic (exact) mass is 550 g/mol. The van der Waals surface area contributed by atoms with E-state index in [9.17, 15) is 22.4 Å². The van der Waals surface area contributed by atoms with Crippen LogP contribution in [0.15, 0.2) is 29.3 Å². The van der Waals surface area contributed by atoms with Gasteiger partial charge < -0.3 is 23.7 Å². The first kappa shape index (κ1) is 28.1. The Morgan fingerprint density at radius 2 is 1.78 bits per heavy atom. The first-order valence-corrected chi connectivity index (χ1v) is 12.6. The molecule has 0 aromatic heterocycles. The van der Waals surface area contributed by atoms with E-state index < -0.39 is 72.0 Å². The molecule has 0 spiro atoms. The second kappa shape index (κ2) is 9.99. The van der Waals surface area contributed by atoms with Crippen molar-refractivity contribution in [3.8, 4) is 0 Å². The third-order valence-electron chi connectivity index (χ3n) is 5.79. The van der Waals surface area contributed by atoms with E-state index in [1.807, 2.05) is 0 Å². The van der Waals surface area contributed by atoms with Crippen molar-refractivity contribution in [1.82, 2.24) is 4.90 Å². The maximum atomic E-state index is 14.3. The van der Waals surface area contributed by atoms with Crippen molar-refractivity contribution in [2.45, 2.75) is 94.7 Å². The highest BCUT2D eigenvalue weighted by Gasteiger charge is 2.63. The summed E-state index contributed by atoms with van der Waals surface area (Å²) >= 11 is 1.01. The lowest BCUT2D eigenvalue weighted by atomic mass is 9.94. The van der Waals surface area contributed by atoms with Gasteiger partial charge in [0.05, 0.1) is 6.61 Å². The zero-order valence-corrected chi connectivity index (χ0v) is 22.1. The van der Waals surface area contributed by atoms with Gasteiger partial charge in [-0.2, -0.15) is 13.2 Å². The summed E-state index contributed by atoms with van der Waals surface area (Å²) < 4.78 is 84.5. The molecule has 0 aliphatic carbocycles. The highest BCUT2D eigenvalue weighted by atomic mass is 32.2. The molecular weight excluding hydrogens is 520 g/mol. The molecule has 3 aliphatic rings. The molecule has 2 saturated heterocycles. The molecule has 6 atom stereocenters. The lowest BCUT2D eigenvalue weighted by Crippen LogP contribution is -2.60. The van der Waals surface area contributed by atoms with Gasteiger partial charge in [-0.05, 0) is 52.3 Å². The number of fused-ring (bicyclic) bond motifs is 3. The molecule has 13 heteroatoms. The number of carbonyl (C=O) groups excluding carboxylic acids is 1. The molecule has 3 heterocycles. The summed E-state index contributed by atoms with van der Waals surface area (Å²) in [6.45, 7) is 7.92. The van der Waals surface area contributed by atoms with Crippen LogP contribution in [0.25, 0.3) is 0 Å². The van der Waals surface area contributed by atoms with E-state index in [2.05, 4.69) is 4.99 Å². The maximum Gasteiger partial charge on any atom is 0.417 e. The molecule has 1 aromatic carbocycles. The standard InChI is InChI=1S/C24H30F4N2O6S/c1-22(2,3)36-21(31)30(6)20-29-14-15-16(35-23(4,5)34-15)17(33-19(14)37-20)18(24(26,27)28)32-11-12-7-9-13(25)10-8-12/h7-10,14-19H,11H2,1-6H3/t14-,15-,16+,17+,18+,19-/m1/s1. The highest BCUT2D eigenvalue weighted by Crippen LogP contribution is 2.47. The molecule has 0 unspecified atom stereocenters. The van der Waals surface area contributed by atoms with Gasteiger partial charge >= 0.3 is 12.3 Å².